The first kappa shape index (κ1) is 15.8. The number of aryl methyl sites for hydroxylation is 1. The summed E-state index contributed by atoms with van der Waals surface area (Å²) in [6.45, 7) is 2.01. The number of rotatable bonds is 5. The average Bonchev–Trinajstić information content (AvgIpc) is 2.38. The van der Waals surface area contributed by atoms with E-state index in [0.29, 0.717) is 22.2 Å². The highest BCUT2D eigenvalue weighted by molar-refractivity contribution is 9.10. The molecule has 0 unspecified atom stereocenters. The first-order valence-electron chi connectivity index (χ1n) is 6.30. The summed E-state index contributed by atoms with van der Waals surface area (Å²) in [6.07, 6.45) is 1.60. The van der Waals surface area contributed by atoms with Crippen molar-refractivity contribution in [2.45, 2.75) is 29.8 Å². The van der Waals surface area contributed by atoms with Gasteiger partial charge in [-0.1, -0.05) is 41.0 Å². The Hall–Kier alpha value is -1.60. The van der Waals surface area contributed by atoms with Crippen LogP contribution in [0, 0.1) is 0 Å². The summed E-state index contributed by atoms with van der Waals surface area (Å²) in [7, 11) is 0. The quantitative estimate of drug-likeness (QED) is 0.790. The Kier molecular flexibility index (Phi) is 5.19. The Morgan fingerprint density at radius 1 is 1.43 bits per heavy atom. The monoisotopic (exact) mass is 368 g/mol. The number of nitrogens with zero attached hydrogens (tertiary/aromatic N) is 1. The molecule has 0 spiro atoms. The number of hydrogen-bond donors (Lipinski definition) is 2. The predicted octanol–water partition coefficient (Wildman–Crippen LogP) is 3.33. The number of carbonyl (C=O) groups is 1. The Labute approximate surface area is 133 Å². The van der Waals surface area contributed by atoms with Crippen LogP contribution in [0.2, 0.25) is 0 Å². The van der Waals surface area contributed by atoms with Crippen molar-refractivity contribution in [3.8, 4) is 0 Å². The Morgan fingerprint density at radius 3 is 2.86 bits per heavy atom. The maximum absolute atomic E-state index is 11.6. The van der Waals surface area contributed by atoms with Gasteiger partial charge in [-0.3, -0.25) is 4.79 Å². The lowest BCUT2D eigenvalue weighted by atomic mass is 10.2. The summed E-state index contributed by atoms with van der Waals surface area (Å²) in [5, 5.41) is 9.60. The third-order valence-corrected chi connectivity index (χ3v) is 4.10. The van der Waals surface area contributed by atoms with Gasteiger partial charge < -0.3 is 10.1 Å². The smallest absolute Gasteiger partial charge is 0.336 e. The van der Waals surface area contributed by atoms with E-state index >= 15 is 0 Å². The second-order valence-corrected chi connectivity index (χ2v) is 6.29. The molecule has 0 aliphatic rings. The van der Waals surface area contributed by atoms with Crippen molar-refractivity contribution >= 4 is 33.7 Å². The minimum atomic E-state index is -1.02. The fourth-order valence-electron chi connectivity index (χ4n) is 1.78. The molecule has 1 aromatic carbocycles. The molecule has 0 saturated carbocycles. The summed E-state index contributed by atoms with van der Waals surface area (Å²) in [5.74, 6) is -1.02. The number of nitrogens with one attached hydrogen (secondary N) is 1. The zero-order chi connectivity index (χ0) is 15.4. The Balaban J connectivity index is 2.40. The largest absolute Gasteiger partial charge is 0.478 e. The van der Waals surface area contributed by atoms with Gasteiger partial charge in [-0.05, 0) is 24.6 Å². The van der Waals surface area contributed by atoms with E-state index in [1.807, 2.05) is 6.92 Å². The average molecular weight is 369 g/mol. The molecule has 0 fully saturated rings. The van der Waals surface area contributed by atoms with Crippen molar-refractivity contribution in [3.63, 3.8) is 0 Å². The van der Waals surface area contributed by atoms with E-state index in [2.05, 4.69) is 25.9 Å². The van der Waals surface area contributed by atoms with E-state index in [4.69, 9.17) is 0 Å². The number of aromatic amines is 1. The molecule has 1 aromatic heterocycles. The molecular formula is C14H13BrN2O3S. The summed E-state index contributed by atoms with van der Waals surface area (Å²) in [6, 6.07) is 6.34. The maximum atomic E-state index is 11.6. The molecule has 0 atom stereocenters. The van der Waals surface area contributed by atoms with E-state index in [1.54, 1.807) is 12.1 Å². The van der Waals surface area contributed by atoms with Gasteiger partial charge in [-0.2, -0.15) is 0 Å². The number of H-pyrrole nitrogens is 1. The van der Waals surface area contributed by atoms with Crippen LogP contribution >= 0.6 is 27.7 Å². The molecule has 1 heterocycles. The molecule has 0 amide bonds. The molecule has 0 aliphatic heterocycles. The number of halogens is 1. The summed E-state index contributed by atoms with van der Waals surface area (Å²) in [4.78, 5) is 30.4. The van der Waals surface area contributed by atoms with Gasteiger partial charge >= 0.3 is 5.97 Å². The predicted molar refractivity (Wildman–Crippen MR) is 84.1 cm³/mol. The first-order chi connectivity index (χ1) is 9.99. The van der Waals surface area contributed by atoms with Crippen LogP contribution < -0.4 is 5.56 Å². The van der Waals surface area contributed by atoms with Crippen LogP contribution in [0.25, 0.3) is 0 Å². The number of carboxylic acids is 1. The highest BCUT2D eigenvalue weighted by Gasteiger charge is 2.13. The SMILES string of the molecule is CCCc1cc(=O)[nH]c(Sc2cc(Br)ccc2C(=O)O)n1. The molecule has 2 N–H and O–H groups in total. The van der Waals surface area contributed by atoms with Crippen molar-refractivity contribution in [2.75, 3.05) is 0 Å². The topological polar surface area (TPSA) is 83.0 Å². The molecule has 2 aromatic rings. The van der Waals surface area contributed by atoms with Crippen molar-refractivity contribution in [3.05, 3.63) is 50.3 Å². The van der Waals surface area contributed by atoms with Crippen molar-refractivity contribution in [1.82, 2.24) is 9.97 Å². The van der Waals surface area contributed by atoms with Crippen LogP contribution in [0.1, 0.15) is 29.4 Å². The van der Waals surface area contributed by atoms with E-state index in [1.165, 1.54) is 12.1 Å². The fourth-order valence-corrected chi connectivity index (χ4v) is 3.26. The number of aromatic nitrogens is 2. The van der Waals surface area contributed by atoms with Crippen LogP contribution in [-0.2, 0) is 6.42 Å². The molecule has 0 aliphatic carbocycles. The fraction of sp³-hybridized carbons (Fsp3) is 0.214. The lowest BCUT2D eigenvalue weighted by molar-refractivity contribution is 0.0693. The van der Waals surface area contributed by atoms with Gasteiger partial charge in [-0.25, -0.2) is 9.78 Å². The standard InChI is InChI=1S/C14H13BrN2O3S/c1-2-3-9-7-12(18)17-14(16-9)21-11-6-8(15)4-5-10(11)13(19)20/h4-7H,2-3H2,1H3,(H,19,20)(H,16,17,18). The minimum Gasteiger partial charge on any atom is -0.478 e. The lowest BCUT2D eigenvalue weighted by Gasteiger charge is -2.07. The van der Waals surface area contributed by atoms with Gasteiger partial charge in [0.25, 0.3) is 5.56 Å². The Bertz CT molecular complexity index is 730. The molecule has 5 nitrogen and oxygen atoms in total. The normalized spacial score (nSPS) is 10.6. The van der Waals surface area contributed by atoms with Crippen LogP contribution in [0.15, 0.2) is 43.6 Å². The lowest BCUT2D eigenvalue weighted by Crippen LogP contribution is -2.10. The zero-order valence-electron chi connectivity index (χ0n) is 11.2. The maximum Gasteiger partial charge on any atom is 0.336 e. The minimum absolute atomic E-state index is 0.173. The number of aromatic carboxylic acids is 1. The van der Waals surface area contributed by atoms with E-state index in [9.17, 15) is 14.7 Å². The number of benzene rings is 1. The van der Waals surface area contributed by atoms with Crippen LogP contribution in [0.3, 0.4) is 0 Å². The van der Waals surface area contributed by atoms with Crippen LogP contribution in [0.5, 0.6) is 0 Å². The molecule has 2 rings (SSSR count). The van der Waals surface area contributed by atoms with Gasteiger partial charge in [0.05, 0.1) is 5.56 Å². The van der Waals surface area contributed by atoms with Gasteiger partial charge in [0, 0.05) is 21.1 Å². The number of carboxylic acid groups (broad SMARTS) is 1. The summed E-state index contributed by atoms with van der Waals surface area (Å²) >= 11 is 4.45. The molecule has 110 valence electrons. The second kappa shape index (κ2) is 6.91. The molecule has 0 radical (unpaired) electrons. The highest BCUT2D eigenvalue weighted by atomic mass is 79.9. The van der Waals surface area contributed by atoms with Gasteiger partial charge in [-0.15, -0.1) is 0 Å². The molecule has 21 heavy (non-hydrogen) atoms. The molecule has 0 saturated heterocycles. The second-order valence-electron chi connectivity index (χ2n) is 4.34. The molecule has 0 bridgehead atoms. The van der Waals surface area contributed by atoms with Gasteiger partial charge in [0.1, 0.15) is 0 Å². The molecule has 7 heteroatoms. The first-order valence-corrected chi connectivity index (χ1v) is 7.91. The van der Waals surface area contributed by atoms with Crippen LogP contribution in [0.4, 0.5) is 0 Å². The van der Waals surface area contributed by atoms with Gasteiger partial charge in [0.15, 0.2) is 5.16 Å². The summed E-state index contributed by atoms with van der Waals surface area (Å²) in [5.41, 5.74) is 0.644. The van der Waals surface area contributed by atoms with Crippen LogP contribution in [-0.4, -0.2) is 21.0 Å². The van der Waals surface area contributed by atoms with Gasteiger partial charge in [0.2, 0.25) is 0 Å². The zero-order valence-corrected chi connectivity index (χ0v) is 13.6. The van der Waals surface area contributed by atoms with E-state index in [0.717, 1.165) is 22.7 Å². The number of hydrogen-bond acceptors (Lipinski definition) is 4. The van der Waals surface area contributed by atoms with Crippen molar-refractivity contribution in [1.29, 1.82) is 0 Å². The van der Waals surface area contributed by atoms with E-state index < -0.39 is 5.97 Å². The van der Waals surface area contributed by atoms with Crippen molar-refractivity contribution in [2.24, 2.45) is 0 Å². The summed E-state index contributed by atoms with van der Waals surface area (Å²) < 4.78 is 0.766. The van der Waals surface area contributed by atoms with Crippen molar-refractivity contribution < 1.29 is 9.90 Å². The highest BCUT2D eigenvalue weighted by Crippen LogP contribution is 2.30. The van der Waals surface area contributed by atoms with E-state index in [-0.39, 0.29) is 11.1 Å². The molecular weight excluding hydrogens is 356 g/mol. The third kappa shape index (κ3) is 4.18. The third-order valence-electron chi connectivity index (χ3n) is 2.66. The Morgan fingerprint density at radius 2 is 2.19 bits per heavy atom.